The Morgan fingerprint density at radius 3 is 2.50 bits per heavy atom. The lowest BCUT2D eigenvalue weighted by molar-refractivity contribution is -0.150. The highest BCUT2D eigenvalue weighted by Crippen LogP contribution is 2.31. The Kier molecular flexibility index (Phi) is 6.53. The average Bonchev–Trinajstić information content (AvgIpc) is 3.45. The van der Waals surface area contributed by atoms with Crippen LogP contribution in [0.15, 0.2) is 53.1 Å². The van der Waals surface area contributed by atoms with Gasteiger partial charge in [-0.1, -0.05) is 17.3 Å². The first-order valence-electron chi connectivity index (χ1n) is 10.4. The monoisotopic (exact) mass is 475 g/mol. The van der Waals surface area contributed by atoms with Gasteiger partial charge in [0.25, 0.3) is 5.89 Å². The molecule has 1 aliphatic heterocycles. The number of benzene rings is 2. The third-order valence-corrected chi connectivity index (χ3v) is 5.19. The van der Waals surface area contributed by atoms with E-state index in [0.717, 1.165) is 12.1 Å². The first kappa shape index (κ1) is 23.3. The van der Waals surface area contributed by atoms with E-state index in [-0.39, 0.29) is 37.2 Å². The summed E-state index contributed by atoms with van der Waals surface area (Å²) >= 11 is 0. The normalized spacial score (nSPS) is 16.1. The molecule has 0 saturated carbocycles. The van der Waals surface area contributed by atoms with Crippen molar-refractivity contribution in [1.82, 2.24) is 10.1 Å². The summed E-state index contributed by atoms with van der Waals surface area (Å²) in [5, 5.41) is 3.71. The molecule has 4 rings (SSSR count). The van der Waals surface area contributed by atoms with Gasteiger partial charge >= 0.3 is 12.1 Å². The van der Waals surface area contributed by atoms with Gasteiger partial charge in [-0.15, -0.1) is 0 Å². The molecule has 2 heterocycles. The number of amides is 1. The van der Waals surface area contributed by atoms with Gasteiger partial charge in [0.15, 0.2) is 6.61 Å². The predicted molar refractivity (Wildman–Crippen MR) is 113 cm³/mol. The molecule has 1 amide bonds. The number of alkyl halides is 3. The van der Waals surface area contributed by atoms with Crippen molar-refractivity contribution < 1.29 is 36.8 Å². The Bertz CT molecular complexity index is 1160. The Hall–Kier alpha value is -3.89. The fourth-order valence-electron chi connectivity index (χ4n) is 3.49. The molecule has 0 aliphatic carbocycles. The van der Waals surface area contributed by atoms with Crippen LogP contribution in [0, 0.1) is 5.92 Å². The minimum Gasteiger partial charge on any atom is -0.494 e. The maximum absolute atomic E-state index is 12.7. The van der Waals surface area contributed by atoms with E-state index in [4.69, 9.17) is 14.0 Å². The van der Waals surface area contributed by atoms with Gasteiger partial charge in [-0.3, -0.25) is 9.59 Å². The number of esters is 1. The van der Waals surface area contributed by atoms with E-state index in [1.807, 2.05) is 6.92 Å². The van der Waals surface area contributed by atoms with E-state index in [1.165, 1.54) is 17.0 Å². The molecule has 1 saturated heterocycles. The van der Waals surface area contributed by atoms with Crippen molar-refractivity contribution in [2.75, 3.05) is 18.1 Å². The lowest BCUT2D eigenvalue weighted by Gasteiger charge is -2.17. The summed E-state index contributed by atoms with van der Waals surface area (Å²) in [7, 11) is 0. The maximum atomic E-state index is 12.7. The number of hydrogen-bond acceptors (Lipinski definition) is 7. The summed E-state index contributed by atoms with van der Waals surface area (Å²) in [5.41, 5.74) is 0.183. The summed E-state index contributed by atoms with van der Waals surface area (Å²) in [6, 6.07) is 11.3. The molecule has 3 aromatic rings. The molecule has 0 N–H and O–H groups in total. The second-order valence-electron chi connectivity index (χ2n) is 7.53. The summed E-state index contributed by atoms with van der Waals surface area (Å²) in [4.78, 5) is 30.4. The number of nitrogens with zero attached hydrogens (tertiary/aromatic N) is 3. The van der Waals surface area contributed by atoms with Crippen molar-refractivity contribution in [3.8, 4) is 17.1 Å². The SMILES string of the molecule is CCOc1ccc(N2CC(C(=O)OCc3nc(-c4ccc(C(F)(F)F)cc4)no3)CC2=O)cc1. The van der Waals surface area contributed by atoms with E-state index in [9.17, 15) is 22.8 Å². The number of rotatable bonds is 7. The molecular weight excluding hydrogens is 455 g/mol. The Morgan fingerprint density at radius 1 is 1.15 bits per heavy atom. The van der Waals surface area contributed by atoms with Crippen molar-refractivity contribution >= 4 is 17.6 Å². The van der Waals surface area contributed by atoms with Gasteiger partial charge in [-0.25, -0.2) is 0 Å². The molecule has 0 spiro atoms. The van der Waals surface area contributed by atoms with Crippen LogP contribution < -0.4 is 9.64 Å². The van der Waals surface area contributed by atoms with Crippen molar-refractivity contribution in [3.05, 3.63) is 60.0 Å². The molecule has 34 heavy (non-hydrogen) atoms. The number of halogens is 3. The minimum atomic E-state index is -4.45. The number of anilines is 1. The second kappa shape index (κ2) is 9.54. The number of carbonyl (C=O) groups is 2. The van der Waals surface area contributed by atoms with Gasteiger partial charge in [-0.05, 0) is 43.3 Å². The van der Waals surface area contributed by atoms with E-state index < -0.39 is 23.6 Å². The molecule has 1 aliphatic rings. The Balaban J connectivity index is 1.33. The van der Waals surface area contributed by atoms with Crippen LogP contribution in [0.3, 0.4) is 0 Å². The second-order valence-corrected chi connectivity index (χ2v) is 7.53. The molecule has 0 bridgehead atoms. The molecule has 178 valence electrons. The fraction of sp³-hybridized carbons (Fsp3) is 0.304. The molecule has 2 aromatic carbocycles. The molecule has 1 atom stereocenters. The Labute approximate surface area is 192 Å². The quantitative estimate of drug-likeness (QED) is 0.472. The summed E-state index contributed by atoms with van der Waals surface area (Å²) in [6.07, 6.45) is -4.44. The fourth-order valence-corrected chi connectivity index (χ4v) is 3.49. The highest BCUT2D eigenvalue weighted by atomic mass is 19.4. The number of carbonyl (C=O) groups excluding carboxylic acids is 2. The zero-order chi connectivity index (χ0) is 24.3. The average molecular weight is 475 g/mol. The lowest BCUT2D eigenvalue weighted by Crippen LogP contribution is -2.26. The van der Waals surface area contributed by atoms with Gasteiger partial charge < -0.3 is 18.9 Å². The Morgan fingerprint density at radius 2 is 1.85 bits per heavy atom. The van der Waals surface area contributed by atoms with E-state index >= 15 is 0 Å². The highest BCUT2D eigenvalue weighted by Gasteiger charge is 2.36. The van der Waals surface area contributed by atoms with E-state index in [2.05, 4.69) is 10.1 Å². The number of ether oxygens (including phenoxy) is 2. The first-order chi connectivity index (χ1) is 16.2. The van der Waals surface area contributed by atoms with Crippen molar-refractivity contribution in [2.24, 2.45) is 5.92 Å². The van der Waals surface area contributed by atoms with Gasteiger partial charge in [0.2, 0.25) is 11.7 Å². The zero-order valence-electron chi connectivity index (χ0n) is 18.0. The van der Waals surface area contributed by atoms with Crippen LogP contribution in [-0.4, -0.2) is 35.2 Å². The van der Waals surface area contributed by atoms with E-state index in [1.54, 1.807) is 24.3 Å². The molecule has 11 heteroatoms. The van der Waals surface area contributed by atoms with Crippen LogP contribution in [-0.2, 0) is 27.1 Å². The molecular formula is C23H20F3N3O5. The summed E-state index contributed by atoms with van der Waals surface area (Å²) in [5.74, 6) is -0.710. The topological polar surface area (TPSA) is 94.8 Å². The van der Waals surface area contributed by atoms with E-state index in [0.29, 0.717) is 23.6 Å². The third-order valence-electron chi connectivity index (χ3n) is 5.19. The lowest BCUT2D eigenvalue weighted by atomic mass is 10.1. The predicted octanol–water partition coefficient (Wildman–Crippen LogP) is 4.25. The molecule has 1 aromatic heterocycles. The standard InChI is InChI=1S/C23H20F3N3O5/c1-2-32-18-9-7-17(8-10-18)29-12-15(11-20(29)30)22(31)33-13-19-27-21(28-34-19)14-3-5-16(6-4-14)23(24,25)26/h3-10,15H,2,11-13H2,1H3. The number of hydrogen-bond donors (Lipinski definition) is 0. The first-order valence-corrected chi connectivity index (χ1v) is 10.4. The largest absolute Gasteiger partial charge is 0.494 e. The van der Waals surface area contributed by atoms with Crippen LogP contribution in [0.1, 0.15) is 24.8 Å². The van der Waals surface area contributed by atoms with Crippen molar-refractivity contribution in [1.29, 1.82) is 0 Å². The van der Waals surface area contributed by atoms with Crippen LogP contribution in [0.5, 0.6) is 5.75 Å². The van der Waals surface area contributed by atoms with Gasteiger partial charge in [0, 0.05) is 24.2 Å². The molecule has 1 fully saturated rings. The molecule has 1 unspecified atom stereocenters. The van der Waals surface area contributed by atoms with Crippen LogP contribution in [0.4, 0.5) is 18.9 Å². The molecule has 0 radical (unpaired) electrons. The zero-order valence-corrected chi connectivity index (χ0v) is 18.0. The number of aromatic nitrogens is 2. The van der Waals surface area contributed by atoms with Gasteiger partial charge in [0.05, 0.1) is 18.1 Å². The summed E-state index contributed by atoms with van der Waals surface area (Å²) in [6.45, 7) is 2.26. The van der Waals surface area contributed by atoms with Gasteiger partial charge in [0.1, 0.15) is 5.75 Å². The minimum absolute atomic E-state index is 0.00663. The van der Waals surface area contributed by atoms with Crippen molar-refractivity contribution in [2.45, 2.75) is 26.1 Å². The van der Waals surface area contributed by atoms with Crippen LogP contribution >= 0.6 is 0 Å². The molecule has 8 nitrogen and oxygen atoms in total. The smallest absolute Gasteiger partial charge is 0.416 e. The van der Waals surface area contributed by atoms with Gasteiger partial charge in [-0.2, -0.15) is 18.2 Å². The highest BCUT2D eigenvalue weighted by molar-refractivity contribution is 5.99. The van der Waals surface area contributed by atoms with Crippen LogP contribution in [0.2, 0.25) is 0 Å². The summed E-state index contributed by atoms with van der Waals surface area (Å²) < 4.78 is 53.7. The van der Waals surface area contributed by atoms with Crippen LogP contribution in [0.25, 0.3) is 11.4 Å². The van der Waals surface area contributed by atoms with Crippen molar-refractivity contribution in [3.63, 3.8) is 0 Å². The third kappa shape index (κ3) is 5.19. The maximum Gasteiger partial charge on any atom is 0.416 e.